The molecule has 1 unspecified atom stereocenters. The Hall–Kier alpha value is -2.14. The first kappa shape index (κ1) is 27.9. The van der Waals surface area contributed by atoms with Crippen LogP contribution in [-0.2, 0) is 17.6 Å². The molecule has 0 fully saturated rings. The molecule has 1 heterocycles. The molecule has 2 aromatic rings. The fraction of sp³-hybridized carbons (Fsp3) is 0.556. The number of benzene rings is 1. The summed E-state index contributed by atoms with van der Waals surface area (Å²) >= 11 is 1.48. The molecule has 1 amide bonds. The number of hydrogen-bond acceptors (Lipinski definition) is 4. The number of thiazole rings is 1. The van der Waals surface area contributed by atoms with Crippen molar-refractivity contribution in [3.63, 3.8) is 0 Å². The second-order valence-corrected chi connectivity index (χ2v) is 8.96. The summed E-state index contributed by atoms with van der Waals surface area (Å²) in [6, 6.07) is 2.19. The summed E-state index contributed by atoms with van der Waals surface area (Å²) in [6.45, 7) is 20.4. The molecule has 0 bridgehead atoms. The zero-order chi connectivity index (χ0) is 24.3. The number of fused-ring (bicyclic) bond motifs is 1. The van der Waals surface area contributed by atoms with Gasteiger partial charge in [-0.2, -0.15) is 0 Å². The van der Waals surface area contributed by atoms with Crippen molar-refractivity contribution in [2.24, 2.45) is 11.8 Å². The number of amides is 1. The smallest absolute Gasteiger partial charge is 0.229 e. The molecule has 0 saturated carbocycles. The van der Waals surface area contributed by atoms with Gasteiger partial charge in [0.25, 0.3) is 0 Å². The minimum absolute atomic E-state index is 0.0396. The van der Waals surface area contributed by atoms with Gasteiger partial charge in [-0.15, -0.1) is 17.9 Å². The van der Waals surface area contributed by atoms with Gasteiger partial charge < -0.3 is 10.1 Å². The monoisotopic (exact) mass is 458 g/mol. The molecule has 1 aromatic carbocycles. The molecule has 3 rings (SSSR count). The minimum Gasteiger partial charge on any atom is -0.493 e. The topological polar surface area (TPSA) is 51.2 Å². The van der Waals surface area contributed by atoms with Crippen molar-refractivity contribution < 1.29 is 9.53 Å². The summed E-state index contributed by atoms with van der Waals surface area (Å²) in [7, 11) is 0. The summed E-state index contributed by atoms with van der Waals surface area (Å²) in [5, 5.41) is 5.65. The highest BCUT2D eigenvalue weighted by Gasteiger charge is 2.30. The fourth-order valence-electron chi connectivity index (χ4n) is 3.96. The van der Waals surface area contributed by atoms with Crippen molar-refractivity contribution in [2.75, 3.05) is 11.9 Å². The SMILES string of the molecule is C=CC.CC.CCCOc1cc(C)c2c(c1C)CC([C@H](C)C(=O)Nc1nc(C)cs1)CC2. The summed E-state index contributed by atoms with van der Waals surface area (Å²) in [4.78, 5) is 17.1. The molecule has 1 aromatic heterocycles. The van der Waals surface area contributed by atoms with Crippen LogP contribution >= 0.6 is 11.3 Å². The minimum atomic E-state index is -0.0396. The lowest BCUT2D eigenvalue weighted by Gasteiger charge is -2.31. The van der Waals surface area contributed by atoms with Crippen LogP contribution in [0, 0.1) is 32.6 Å². The quantitative estimate of drug-likeness (QED) is 0.457. The number of carbonyl (C=O) groups is 1. The van der Waals surface area contributed by atoms with Crippen LogP contribution in [0.2, 0.25) is 0 Å². The number of aryl methyl sites for hydroxylation is 2. The van der Waals surface area contributed by atoms with Crippen molar-refractivity contribution in [3.05, 3.63) is 52.0 Å². The molecule has 5 heteroatoms. The van der Waals surface area contributed by atoms with E-state index in [9.17, 15) is 4.79 Å². The van der Waals surface area contributed by atoms with E-state index in [-0.39, 0.29) is 11.8 Å². The van der Waals surface area contributed by atoms with E-state index in [1.54, 1.807) is 6.08 Å². The third-order valence-electron chi connectivity index (χ3n) is 5.67. The maximum absolute atomic E-state index is 12.7. The molecule has 1 aliphatic carbocycles. The third-order valence-corrected chi connectivity index (χ3v) is 6.55. The van der Waals surface area contributed by atoms with E-state index in [1.165, 1.54) is 33.6 Å². The van der Waals surface area contributed by atoms with Gasteiger partial charge in [-0.05, 0) is 87.6 Å². The van der Waals surface area contributed by atoms with Gasteiger partial charge in [0.1, 0.15) is 5.75 Å². The highest BCUT2D eigenvalue weighted by atomic mass is 32.1. The molecule has 1 N–H and O–H groups in total. The molecule has 0 aliphatic heterocycles. The van der Waals surface area contributed by atoms with Gasteiger partial charge >= 0.3 is 0 Å². The number of anilines is 1. The van der Waals surface area contributed by atoms with E-state index in [0.717, 1.165) is 43.7 Å². The van der Waals surface area contributed by atoms with Crippen LogP contribution in [0.25, 0.3) is 0 Å². The van der Waals surface area contributed by atoms with Crippen molar-refractivity contribution in [2.45, 2.75) is 81.1 Å². The van der Waals surface area contributed by atoms with Gasteiger partial charge in [0.05, 0.1) is 12.3 Å². The van der Waals surface area contributed by atoms with Crippen molar-refractivity contribution in [3.8, 4) is 5.75 Å². The lowest BCUT2D eigenvalue weighted by molar-refractivity contribution is -0.121. The largest absolute Gasteiger partial charge is 0.493 e. The summed E-state index contributed by atoms with van der Waals surface area (Å²) in [6.07, 6.45) is 5.78. The van der Waals surface area contributed by atoms with Crippen molar-refractivity contribution in [1.29, 1.82) is 0 Å². The Bertz CT molecular complexity index is 873. The molecular weight excluding hydrogens is 416 g/mol. The number of nitrogens with zero attached hydrogens (tertiary/aromatic N) is 1. The van der Waals surface area contributed by atoms with Crippen LogP contribution in [0.1, 0.15) is 75.4 Å². The number of carbonyl (C=O) groups excluding carboxylic acids is 1. The first-order valence-corrected chi connectivity index (χ1v) is 12.7. The molecule has 2 atom stereocenters. The second kappa shape index (κ2) is 14.1. The van der Waals surface area contributed by atoms with E-state index in [2.05, 4.69) is 43.7 Å². The standard InChI is InChI=1S/C22H30N2O2S.C3H6.C2H6/c1-6-9-26-20-10-13(2)18-8-7-17(11-19(18)16(20)5)15(4)21(25)24-22-23-14(3)12-27-22;1-3-2;1-2/h10,12,15,17H,6-9,11H2,1-5H3,(H,23,24,25);3H,1H2,2H3;1-2H3/t15-,17?;;/m0../s1. The average Bonchev–Trinajstić information content (AvgIpc) is 3.20. The van der Waals surface area contributed by atoms with Crippen molar-refractivity contribution in [1.82, 2.24) is 4.98 Å². The van der Waals surface area contributed by atoms with Crippen LogP contribution < -0.4 is 10.1 Å². The predicted molar refractivity (Wildman–Crippen MR) is 139 cm³/mol. The van der Waals surface area contributed by atoms with Crippen molar-refractivity contribution >= 4 is 22.4 Å². The van der Waals surface area contributed by atoms with Crippen LogP contribution in [0.3, 0.4) is 0 Å². The van der Waals surface area contributed by atoms with Gasteiger partial charge in [0.2, 0.25) is 5.91 Å². The second-order valence-electron chi connectivity index (χ2n) is 8.11. The molecule has 4 nitrogen and oxygen atoms in total. The molecule has 32 heavy (non-hydrogen) atoms. The molecule has 178 valence electrons. The van der Waals surface area contributed by atoms with Crippen LogP contribution in [0.4, 0.5) is 5.13 Å². The molecule has 0 saturated heterocycles. The number of aromatic nitrogens is 1. The zero-order valence-corrected chi connectivity index (χ0v) is 22.1. The van der Waals surface area contributed by atoms with E-state index in [4.69, 9.17) is 4.74 Å². The fourth-order valence-corrected chi connectivity index (χ4v) is 4.65. The Morgan fingerprint density at radius 3 is 2.56 bits per heavy atom. The Balaban J connectivity index is 0.000000944. The highest BCUT2D eigenvalue weighted by molar-refractivity contribution is 7.13. The predicted octanol–water partition coefficient (Wildman–Crippen LogP) is 7.46. The van der Waals surface area contributed by atoms with Crippen LogP contribution in [-0.4, -0.2) is 17.5 Å². The van der Waals surface area contributed by atoms with Gasteiger partial charge in [-0.1, -0.05) is 33.8 Å². The van der Waals surface area contributed by atoms with Crippen LogP contribution in [0.15, 0.2) is 24.1 Å². The zero-order valence-electron chi connectivity index (χ0n) is 21.3. The molecule has 1 aliphatic rings. The number of rotatable bonds is 6. The normalized spacial score (nSPS) is 15.2. The number of allylic oxidation sites excluding steroid dienone is 1. The van der Waals surface area contributed by atoms with Gasteiger partial charge in [-0.25, -0.2) is 4.98 Å². The van der Waals surface area contributed by atoms with E-state index < -0.39 is 0 Å². The Morgan fingerprint density at radius 1 is 1.34 bits per heavy atom. The third kappa shape index (κ3) is 7.47. The first-order chi connectivity index (χ1) is 15.3. The Morgan fingerprint density at radius 2 is 2.00 bits per heavy atom. The summed E-state index contributed by atoms with van der Waals surface area (Å²) in [5.74, 6) is 1.38. The van der Waals surface area contributed by atoms with Gasteiger partial charge in [0, 0.05) is 11.3 Å². The maximum atomic E-state index is 12.7. The highest BCUT2D eigenvalue weighted by Crippen LogP contribution is 2.38. The summed E-state index contributed by atoms with van der Waals surface area (Å²) < 4.78 is 5.97. The molecule has 0 radical (unpaired) electrons. The Kier molecular flexibility index (Phi) is 12.3. The van der Waals surface area contributed by atoms with E-state index in [0.29, 0.717) is 11.0 Å². The van der Waals surface area contributed by atoms with Crippen LogP contribution in [0.5, 0.6) is 5.75 Å². The number of ether oxygens (including phenoxy) is 1. The lowest BCUT2D eigenvalue weighted by Crippen LogP contribution is -2.31. The molecule has 0 spiro atoms. The number of hydrogen-bond donors (Lipinski definition) is 1. The summed E-state index contributed by atoms with van der Waals surface area (Å²) in [5.41, 5.74) is 6.35. The lowest BCUT2D eigenvalue weighted by atomic mass is 9.75. The average molecular weight is 459 g/mol. The van der Waals surface area contributed by atoms with E-state index in [1.807, 2.05) is 40.0 Å². The number of nitrogens with one attached hydrogen (secondary N) is 1. The van der Waals surface area contributed by atoms with Gasteiger partial charge in [0.15, 0.2) is 5.13 Å². The van der Waals surface area contributed by atoms with Gasteiger partial charge in [-0.3, -0.25) is 4.79 Å². The molecular formula is C27H42N2O2S. The maximum Gasteiger partial charge on any atom is 0.229 e. The van der Waals surface area contributed by atoms with E-state index >= 15 is 0 Å². The first-order valence-electron chi connectivity index (χ1n) is 11.9. The Labute approximate surface area is 199 Å².